The molecule has 79 heavy (non-hydrogen) atoms. The predicted octanol–water partition coefficient (Wildman–Crippen LogP) is 19.2. The van der Waals surface area contributed by atoms with Crippen molar-refractivity contribution >= 4 is 0 Å². The van der Waals surface area contributed by atoms with Crippen molar-refractivity contribution in [3.63, 3.8) is 0 Å². The van der Waals surface area contributed by atoms with Crippen LogP contribution in [0.5, 0.6) is 0 Å². The molecule has 368 valence electrons. The van der Waals surface area contributed by atoms with Crippen LogP contribution in [0.4, 0.5) is 0 Å². The molecule has 0 saturated carbocycles. The molecule has 0 bridgehead atoms. The molecule has 0 atom stereocenters. The molecule has 3 nitrogen and oxygen atoms in total. The Morgan fingerprint density at radius 2 is 0.468 bits per heavy atom. The third-order valence-electron chi connectivity index (χ3n) is 16.1. The summed E-state index contributed by atoms with van der Waals surface area (Å²) in [5.74, 6) is 1.83. The molecule has 0 aliphatic heterocycles. The average molecular weight is 1000 g/mol. The number of nitrogens with zero attached hydrogens (tertiary/aromatic N) is 3. The zero-order chi connectivity index (χ0) is 52.3. The van der Waals surface area contributed by atoms with Crippen LogP contribution in [-0.2, 0) is 5.41 Å². The highest BCUT2D eigenvalue weighted by atomic mass is 15.0. The highest BCUT2D eigenvalue weighted by Crippen LogP contribution is 2.64. The van der Waals surface area contributed by atoms with E-state index in [1.807, 2.05) is 0 Å². The number of fused-ring (bicyclic) bond motifs is 10. The zero-order valence-electron chi connectivity index (χ0n) is 43.1. The number of benzene rings is 12. The van der Waals surface area contributed by atoms with Gasteiger partial charge in [-0.15, -0.1) is 0 Å². The van der Waals surface area contributed by atoms with Crippen molar-refractivity contribution < 1.29 is 0 Å². The molecule has 2 aliphatic carbocycles. The van der Waals surface area contributed by atoms with Gasteiger partial charge in [-0.25, -0.2) is 15.0 Å². The van der Waals surface area contributed by atoms with Gasteiger partial charge in [0, 0.05) is 16.7 Å². The largest absolute Gasteiger partial charge is 0.208 e. The van der Waals surface area contributed by atoms with Crippen molar-refractivity contribution in [3.8, 4) is 123 Å². The van der Waals surface area contributed by atoms with Crippen molar-refractivity contribution in [3.05, 3.63) is 320 Å². The Balaban J connectivity index is 0.911. The quantitative estimate of drug-likeness (QED) is 0.145. The van der Waals surface area contributed by atoms with E-state index in [0.717, 1.165) is 55.6 Å². The van der Waals surface area contributed by atoms with Crippen LogP contribution in [0.15, 0.2) is 297 Å². The molecule has 15 rings (SSSR count). The standard InChI is InChI=1S/C76H49N3/c1-5-21-50(22-6-1)58-44-59(51-23-7-2-8-24-51)47-62(46-58)54-39-41-55(42-40-54)73-77-74(57-30-19-29-56(43-57)63-48-60(52-25-9-3-10-26-52)45-61(49-63)53-27-11-4-12-28-53)79-75(78-73)67-34-20-38-71-72(67)66-33-15-18-37-70(66)76(71)68-35-16-13-31-64(68)65-32-14-17-36-69(65)76/h1-49H. The molecule has 0 fully saturated rings. The first-order chi connectivity index (χ1) is 39.1. The summed E-state index contributed by atoms with van der Waals surface area (Å²) < 4.78 is 0. The van der Waals surface area contributed by atoms with Crippen LogP contribution in [-0.4, -0.2) is 15.0 Å². The summed E-state index contributed by atoms with van der Waals surface area (Å²) in [6.07, 6.45) is 0. The molecule has 1 aromatic heterocycles. The smallest absolute Gasteiger partial charge is 0.164 e. The molecule has 3 heteroatoms. The lowest BCUT2D eigenvalue weighted by Crippen LogP contribution is -2.25. The van der Waals surface area contributed by atoms with E-state index in [2.05, 4.69) is 297 Å². The van der Waals surface area contributed by atoms with E-state index >= 15 is 0 Å². The second kappa shape index (κ2) is 19.0. The lowest BCUT2D eigenvalue weighted by atomic mass is 9.70. The van der Waals surface area contributed by atoms with Crippen LogP contribution < -0.4 is 0 Å². The Hall–Kier alpha value is -10.4. The average Bonchev–Trinajstić information content (AvgIpc) is 2.66. The van der Waals surface area contributed by atoms with Gasteiger partial charge < -0.3 is 0 Å². The lowest BCUT2D eigenvalue weighted by Gasteiger charge is -2.30. The van der Waals surface area contributed by atoms with E-state index in [1.165, 1.54) is 72.3 Å². The van der Waals surface area contributed by atoms with Crippen LogP contribution in [0.2, 0.25) is 0 Å². The fourth-order valence-corrected chi connectivity index (χ4v) is 12.5. The minimum absolute atomic E-state index is 0.511. The van der Waals surface area contributed by atoms with E-state index in [-0.39, 0.29) is 0 Å². The van der Waals surface area contributed by atoms with E-state index < -0.39 is 5.41 Å². The van der Waals surface area contributed by atoms with Crippen LogP contribution in [0.25, 0.3) is 123 Å². The van der Waals surface area contributed by atoms with Crippen molar-refractivity contribution in [1.29, 1.82) is 0 Å². The maximum atomic E-state index is 5.54. The summed E-state index contributed by atoms with van der Waals surface area (Å²) in [6, 6.07) is 107. The predicted molar refractivity (Wildman–Crippen MR) is 325 cm³/mol. The number of hydrogen-bond acceptors (Lipinski definition) is 3. The fourth-order valence-electron chi connectivity index (χ4n) is 12.5. The molecule has 0 amide bonds. The van der Waals surface area contributed by atoms with Gasteiger partial charge >= 0.3 is 0 Å². The third-order valence-corrected chi connectivity index (χ3v) is 16.1. The molecule has 13 aromatic rings. The van der Waals surface area contributed by atoms with Gasteiger partial charge in [0.15, 0.2) is 17.5 Å². The van der Waals surface area contributed by atoms with Gasteiger partial charge in [-0.1, -0.05) is 255 Å². The monoisotopic (exact) mass is 1000 g/mol. The second-order valence-electron chi connectivity index (χ2n) is 20.6. The van der Waals surface area contributed by atoms with E-state index in [4.69, 9.17) is 15.0 Å². The summed E-state index contributed by atoms with van der Waals surface area (Å²) in [6.45, 7) is 0. The summed E-state index contributed by atoms with van der Waals surface area (Å²) in [7, 11) is 0. The minimum atomic E-state index is -0.511. The fraction of sp³-hybridized carbons (Fsp3) is 0.0132. The maximum absolute atomic E-state index is 5.54. The summed E-state index contributed by atoms with van der Waals surface area (Å²) in [5.41, 5.74) is 26.0. The van der Waals surface area contributed by atoms with Gasteiger partial charge in [0.25, 0.3) is 0 Å². The van der Waals surface area contributed by atoms with Gasteiger partial charge in [0.2, 0.25) is 0 Å². The Morgan fingerprint density at radius 1 is 0.177 bits per heavy atom. The highest BCUT2D eigenvalue weighted by molar-refractivity contribution is 5.99. The SMILES string of the molecule is c1ccc(-c2cc(-c3ccccc3)cc(-c3ccc(-c4nc(-c5cccc(-c6cc(-c7ccccc7)cc(-c7ccccc7)c6)c5)nc(-c5cccc6c5-c5ccccc5C65c6ccccc6-c6ccccc65)n4)cc3)c2)cc1. The summed E-state index contributed by atoms with van der Waals surface area (Å²) in [5, 5.41) is 0. The first-order valence-corrected chi connectivity index (χ1v) is 27.1. The van der Waals surface area contributed by atoms with Crippen molar-refractivity contribution in [1.82, 2.24) is 15.0 Å². The first kappa shape index (κ1) is 46.0. The third kappa shape index (κ3) is 7.86. The lowest BCUT2D eigenvalue weighted by molar-refractivity contribution is 0.794. The number of rotatable bonds is 9. The van der Waals surface area contributed by atoms with Crippen molar-refractivity contribution in [2.75, 3.05) is 0 Å². The molecule has 0 saturated heterocycles. The molecular weight excluding hydrogens is 955 g/mol. The molecule has 0 unspecified atom stereocenters. The van der Waals surface area contributed by atoms with Gasteiger partial charge in [-0.2, -0.15) is 0 Å². The van der Waals surface area contributed by atoms with Gasteiger partial charge in [0.05, 0.1) is 5.41 Å². The molecule has 1 heterocycles. The Kier molecular flexibility index (Phi) is 11.1. The molecule has 1 spiro atoms. The van der Waals surface area contributed by atoms with Gasteiger partial charge in [0.1, 0.15) is 0 Å². The van der Waals surface area contributed by atoms with Crippen molar-refractivity contribution in [2.45, 2.75) is 5.41 Å². The number of hydrogen-bond donors (Lipinski definition) is 0. The Bertz CT molecular complexity index is 4290. The van der Waals surface area contributed by atoms with E-state index in [0.29, 0.717) is 17.5 Å². The molecular formula is C76H49N3. The number of aromatic nitrogens is 3. The van der Waals surface area contributed by atoms with Gasteiger partial charge in [-0.3, -0.25) is 0 Å². The van der Waals surface area contributed by atoms with Crippen LogP contribution in [0.1, 0.15) is 22.3 Å². The normalized spacial score (nSPS) is 12.4. The van der Waals surface area contributed by atoms with Crippen molar-refractivity contribution in [2.24, 2.45) is 0 Å². The molecule has 2 aliphatic rings. The Morgan fingerprint density at radius 3 is 0.949 bits per heavy atom. The molecule has 0 N–H and O–H groups in total. The van der Waals surface area contributed by atoms with E-state index in [1.54, 1.807) is 0 Å². The summed E-state index contributed by atoms with van der Waals surface area (Å²) >= 11 is 0. The molecule has 12 aromatic carbocycles. The highest BCUT2D eigenvalue weighted by Gasteiger charge is 2.52. The molecule has 0 radical (unpaired) electrons. The minimum Gasteiger partial charge on any atom is -0.208 e. The Labute approximate surface area is 460 Å². The maximum Gasteiger partial charge on any atom is 0.164 e. The van der Waals surface area contributed by atoms with E-state index in [9.17, 15) is 0 Å². The van der Waals surface area contributed by atoms with Crippen LogP contribution >= 0.6 is 0 Å². The first-order valence-electron chi connectivity index (χ1n) is 27.1. The topological polar surface area (TPSA) is 38.7 Å². The zero-order valence-corrected chi connectivity index (χ0v) is 43.1. The van der Waals surface area contributed by atoms with Crippen LogP contribution in [0.3, 0.4) is 0 Å². The second-order valence-corrected chi connectivity index (χ2v) is 20.6. The van der Waals surface area contributed by atoms with Crippen LogP contribution in [0, 0.1) is 0 Å². The summed E-state index contributed by atoms with van der Waals surface area (Å²) in [4.78, 5) is 16.5. The van der Waals surface area contributed by atoms with Gasteiger partial charge in [-0.05, 0) is 154 Å².